The van der Waals surface area contributed by atoms with Gasteiger partial charge in [0.25, 0.3) is 0 Å². The second-order valence-corrected chi connectivity index (χ2v) is 18.8. The van der Waals surface area contributed by atoms with Crippen LogP contribution >= 0.6 is 7.82 Å². The molecule has 0 aromatic carbocycles. The van der Waals surface area contributed by atoms with Gasteiger partial charge in [-0.15, -0.1) is 0 Å². The Morgan fingerprint density at radius 3 is 1.37 bits per heavy atom. The van der Waals surface area contributed by atoms with Crippen LogP contribution in [0.25, 0.3) is 0 Å². The fraction of sp³-hybridized carbons (Fsp3) is 0.830. The number of nitrogens with two attached hydrogens (primary N) is 1. The number of phosphoric acid groups is 1. The molecule has 8 nitrogen and oxygen atoms in total. The number of hydrogen-bond donors (Lipinski definition) is 2. The lowest BCUT2D eigenvalue weighted by Crippen LogP contribution is -2.28. The van der Waals surface area contributed by atoms with E-state index in [1.807, 2.05) is 0 Å². The first kappa shape index (κ1) is 60.5. The SMILES string of the molecule is CC/C=C\C/C=C\C/C=C\CCCCCCCCCC(=O)OC(COCCCCCCCCCCCCCCCC/C=C\CCCCCCCCCC)COP(=O)(O)OCCN. The minimum atomic E-state index is -4.29. The summed E-state index contributed by atoms with van der Waals surface area (Å²) in [5.74, 6) is -0.338. The molecular formula is C53H100NO7P. The van der Waals surface area contributed by atoms with E-state index in [4.69, 9.17) is 24.3 Å². The van der Waals surface area contributed by atoms with Gasteiger partial charge < -0.3 is 20.1 Å². The Labute approximate surface area is 383 Å². The van der Waals surface area contributed by atoms with Crippen molar-refractivity contribution < 1.29 is 32.8 Å². The van der Waals surface area contributed by atoms with Gasteiger partial charge in [0.15, 0.2) is 0 Å². The van der Waals surface area contributed by atoms with Crippen LogP contribution in [0.1, 0.15) is 245 Å². The average molecular weight is 894 g/mol. The maximum absolute atomic E-state index is 12.6. The van der Waals surface area contributed by atoms with Gasteiger partial charge in [0.05, 0.1) is 19.8 Å². The van der Waals surface area contributed by atoms with E-state index in [1.54, 1.807) is 0 Å². The van der Waals surface area contributed by atoms with Crippen molar-refractivity contribution in [1.29, 1.82) is 0 Å². The summed E-state index contributed by atoms with van der Waals surface area (Å²) in [5.41, 5.74) is 5.39. The minimum absolute atomic E-state index is 0.0979. The van der Waals surface area contributed by atoms with Crippen LogP contribution in [0.4, 0.5) is 0 Å². The zero-order chi connectivity index (χ0) is 45.1. The molecule has 0 bridgehead atoms. The Morgan fingerprint density at radius 1 is 0.500 bits per heavy atom. The van der Waals surface area contributed by atoms with Crippen molar-refractivity contribution in [3.8, 4) is 0 Å². The Morgan fingerprint density at radius 2 is 0.903 bits per heavy atom. The standard InChI is InChI=1S/C53H100NO7P/c1-3-5-7-9-11-13-15-17-19-21-22-23-24-25-26-27-28-29-31-33-35-37-39-41-43-45-48-58-50-52(51-60-62(56,57)59-49-47-54)61-53(55)46-44-42-40-38-36-34-32-30-20-18-16-14-12-10-8-6-4-2/h6,8,12,14,18,20-22,52H,3-5,7,9-11,13,15-17,19,23-51,54H2,1-2H3,(H,56,57)/b8-6-,14-12-,20-18-,22-21-. The molecule has 9 heteroatoms. The van der Waals surface area contributed by atoms with Crippen LogP contribution in [0.3, 0.4) is 0 Å². The fourth-order valence-electron chi connectivity index (χ4n) is 7.42. The highest BCUT2D eigenvalue weighted by Crippen LogP contribution is 2.43. The molecule has 0 aromatic rings. The molecule has 0 aliphatic carbocycles. The summed E-state index contributed by atoms with van der Waals surface area (Å²) in [6, 6.07) is 0. The number of esters is 1. The van der Waals surface area contributed by atoms with Crippen LogP contribution in [0.2, 0.25) is 0 Å². The van der Waals surface area contributed by atoms with Gasteiger partial charge in [-0.2, -0.15) is 0 Å². The molecule has 0 aliphatic rings. The molecule has 0 amide bonds. The van der Waals surface area contributed by atoms with Gasteiger partial charge in [-0.05, 0) is 70.6 Å². The summed E-state index contributed by atoms with van der Waals surface area (Å²) >= 11 is 0. The third-order valence-electron chi connectivity index (χ3n) is 11.2. The van der Waals surface area contributed by atoms with Gasteiger partial charge in [-0.1, -0.05) is 217 Å². The smallest absolute Gasteiger partial charge is 0.457 e. The largest absolute Gasteiger partial charge is 0.472 e. The van der Waals surface area contributed by atoms with Gasteiger partial charge in [-0.25, -0.2) is 4.57 Å². The second kappa shape index (κ2) is 50.5. The first-order valence-electron chi connectivity index (χ1n) is 26.1. The lowest BCUT2D eigenvalue weighted by Gasteiger charge is -2.20. The van der Waals surface area contributed by atoms with Gasteiger partial charge in [-0.3, -0.25) is 13.8 Å². The number of carbonyl (C=O) groups excluding carboxylic acids is 1. The summed E-state index contributed by atoms with van der Waals surface area (Å²) in [5, 5.41) is 0. The first-order valence-corrected chi connectivity index (χ1v) is 27.6. The number of phosphoric ester groups is 1. The number of hydrogen-bond acceptors (Lipinski definition) is 7. The number of carbonyl (C=O) groups is 1. The second-order valence-electron chi connectivity index (χ2n) is 17.4. The number of allylic oxidation sites excluding steroid dienone is 8. The first-order chi connectivity index (χ1) is 30.4. The number of rotatable bonds is 50. The van der Waals surface area contributed by atoms with Crippen LogP contribution in [0, 0.1) is 0 Å². The van der Waals surface area contributed by atoms with E-state index >= 15 is 0 Å². The molecule has 0 heterocycles. The van der Waals surface area contributed by atoms with E-state index in [9.17, 15) is 14.3 Å². The van der Waals surface area contributed by atoms with Crippen molar-refractivity contribution in [2.24, 2.45) is 5.73 Å². The van der Waals surface area contributed by atoms with Crippen molar-refractivity contribution in [2.45, 2.75) is 251 Å². The fourth-order valence-corrected chi connectivity index (χ4v) is 8.19. The predicted molar refractivity (Wildman–Crippen MR) is 266 cm³/mol. The molecule has 0 spiro atoms. The quantitative estimate of drug-likeness (QED) is 0.0268. The van der Waals surface area contributed by atoms with Crippen molar-refractivity contribution in [3.63, 3.8) is 0 Å². The summed E-state index contributed by atoms with van der Waals surface area (Å²) < 4.78 is 33.6. The average Bonchev–Trinajstić information content (AvgIpc) is 3.26. The molecule has 0 rings (SSSR count). The van der Waals surface area contributed by atoms with Crippen molar-refractivity contribution in [1.82, 2.24) is 0 Å². The van der Waals surface area contributed by atoms with Gasteiger partial charge in [0, 0.05) is 19.6 Å². The van der Waals surface area contributed by atoms with E-state index in [1.165, 1.54) is 167 Å². The molecule has 3 N–H and O–H groups in total. The molecule has 2 atom stereocenters. The van der Waals surface area contributed by atoms with E-state index in [0.29, 0.717) is 13.0 Å². The number of ether oxygens (including phenoxy) is 2. The van der Waals surface area contributed by atoms with Gasteiger partial charge >= 0.3 is 13.8 Å². The maximum Gasteiger partial charge on any atom is 0.472 e. The summed E-state index contributed by atoms with van der Waals surface area (Å²) in [7, 11) is -4.29. The minimum Gasteiger partial charge on any atom is -0.457 e. The topological polar surface area (TPSA) is 117 Å². The van der Waals surface area contributed by atoms with Crippen LogP contribution < -0.4 is 5.73 Å². The van der Waals surface area contributed by atoms with E-state index in [-0.39, 0.29) is 32.3 Å². The van der Waals surface area contributed by atoms with Crippen molar-refractivity contribution in [2.75, 3.05) is 33.0 Å². The maximum atomic E-state index is 12.6. The highest BCUT2D eigenvalue weighted by molar-refractivity contribution is 7.47. The molecule has 0 fully saturated rings. The van der Waals surface area contributed by atoms with Crippen LogP contribution in [0.5, 0.6) is 0 Å². The Hall–Kier alpha value is -1.54. The Kier molecular flexibility index (Phi) is 49.2. The van der Waals surface area contributed by atoms with Crippen LogP contribution in [-0.4, -0.2) is 49.9 Å². The molecule has 0 saturated heterocycles. The molecule has 2 unspecified atom stereocenters. The molecule has 62 heavy (non-hydrogen) atoms. The lowest BCUT2D eigenvalue weighted by molar-refractivity contribution is -0.154. The number of unbranched alkanes of at least 4 members (excludes halogenated alkanes) is 29. The lowest BCUT2D eigenvalue weighted by atomic mass is 10.0. The van der Waals surface area contributed by atoms with E-state index < -0.39 is 13.9 Å². The van der Waals surface area contributed by atoms with Crippen molar-refractivity contribution in [3.05, 3.63) is 48.6 Å². The summed E-state index contributed by atoms with van der Waals surface area (Å²) in [6.45, 7) is 4.83. The molecule has 0 radical (unpaired) electrons. The molecular weight excluding hydrogens is 794 g/mol. The van der Waals surface area contributed by atoms with Crippen molar-refractivity contribution >= 4 is 13.8 Å². The van der Waals surface area contributed by atoms with E-state index in [2.05, 4.69) is 62.5 Å². The summed E-state index contributed by atoms with van der Waals surface area (Å²) in [4.78, 5) is 22.6. The molecule has 364 valence electrons. The third kappa shape index (κ3) is 49.5. The zero-order valence-electron chi connectivity index (χ0n) is 40.6. The summed E-state index contributed by atoms with van der Waals surface area (Å²) in [6.07, 6.45) is 61.5. The Balaban J connectivity index is 3.88. The van der Waals surface area contributed by atoms with E-state index in [0.717, 1.165) is 57.8 Å². The molecule has 0 aliphatic heterocycles. The molecule has 0 aromatic heterocycles. The Bertz CT molecular complexity index is 1090. The molecule has 0 saturated carbocycles. The monoisotopic (exact) mass is 894 g/mol. The highest BCUT2D eigenvalue weighted by Gasteiger charge is 2.25. The zero-order valence-corrected chi connectivity index (χ0v) is 41.5. The third-order valence-corrected chi connectivity index (χ3v) is 12.2. The predicted octanol–water partition coefficient (Wildman–Crippen LogP) is 16.3. The van der Waals surface area contributed by atoms with Gasteiger partial charge in [0.2, 0.25) is 0 Å². The highest BCUT2D eigenvalue weighted by atomic mass is 31.2. The normalized spacial score (nSPS) is 13.7. The van der Waals surface area contributed by atoms with Crippen LogP contribution in [-0.2, 0) is 27.9 Å². The van der Waals surface area contributed by atoms with Gasteiger partial charge in [0.1, 0.15) is 6.10 Å². The van der Waals surface area contributed by atoms with Crippen LogP contribution in [0.15, 0.2) is 48.6 Å².